The van der Waals surface area contributed by atoms with Crippen molar-refractivity contribution < 1.29 is 0 Å². The summed E-state index contributed by atoms with van der Waals surface area (Å²) in [6, 6.07) is 24.1. The second-order valence-corrected chi connectivity index (χ2v) is 9.96. The molecule has 2 aromatic heterocycles. The van der Waals surface area contributed by atoms with Crippen LogP contribution in [0.25, 0.3) is 27.4 Å². The molecule has 0 spiro atoms. The number of fused-ring (bicyclic) bond motifs is 2. The zero-order chi connectivity index (χ0) is 23.2. The highest BCUT2D eigenvalue weighted by Crippen LogP contribution is 2.23. The number of benzene rings is 3. The van der Waals surface area contributed by atoms with E-state index in [9.17, 15) is 4.79 Å². The minimum atomic E-state index is -0.363. The Hall–Kier alpha value is -3.51. The van der Waals surface area contributed by atoms with Crippen molar-refractivity contribution in [3.05, 3.63) is 105 Å². The van der Waals surface area contributed by atoms with Crippen LogP contribution in [0, 0.1) is 0 Å². The van der Waals surface area contributed by atoms with Crippen LogP contribution in [-0.4, -0.2) is 20.4 Å². The summed E-state index contributed by atoms with van der Waals surface area (Å²) >= 11 is 3.45. The molecule has 0 unspecified atom stereocenters. The van der Waals surface area contributed by atoms with E-state index >= 15 is 0 Å². The standard InChI is InChI=1S/C27H23BrN4O/c1-27(2,3)26-30-24-13-11-20(28)16-23(24)25(33)32(26)29-17-22-9-6-14-31(22)21-12-10-18-7-4-5-8-19(18)15-21/h4-17H,1-3H3. The Morgan fingerprint density at radius 1 is 0.939 bits per heavy atom. The van der Waals surface area contributed by atoms with Crippen molar-refractivity contribution in [1.29, 1.82) is 0 Å². The van der Waals surface area contributed by atoms with Gasteiger partial charge in [0.15, 0.2) is 0 Å². The molecule has 3 aromatic carbocycles. The Balaban J connectivity index is 1.63. The summed E-state index contributed by atoms with van der Waals surface area (Å²) in [7, 11) is 0. The van der Waals surface area contributed by atoms with Gasteiger partial charge in [-0.3, -0.25) is 4.79 Å². The molecule has 5 nitrogen and oxygen atoms in total. The lowest BCUT2D eigenvalue weighted by Crippen LogP contribution is -2.29. The van der Waals surface area contributed by atoms with Gasteiger partial charge >= 0.3 is 0 Å². The summed E-state index contributed by atoms with van der Waals surface area (Å²) in [6.45, 7) is 6.09. The van der Waals surface area contributed by atoms with E-state index in [0.29, 0.717) is 16.7 Å². The van der Waals surface area contributed by atoms with E-state index in [-0.39, 0.29) is 11.0 Å². The van der Waals surface area contributed by atoms with Crippen LogP contribution in [0.4, 0.5) is 0 Å². The summed E-state index contributed by atoms with van der Waals surface area (Å²) in [5.41, 5.74) is 2.01. The van der Waals surface area contributed by atoms with Gasteiger partial charge in [-0.25, -0.2) is 4.98 Å². The Morgan fingerprint density at radius 2 is 1.73 bits per heavy atom. The second-order valence-electron chi connectivity index (χ2n) is 9.04. The first-order chi connectivity index (χ1) is 15.8. The largest absolute Gasteiger partial charge is 0.316 e. The predicted octanol–water partition coefficient (Wildman–Crippen LogP) is 6.28. The molecule has 0 bridgehead atoms. The second kappa shape index (κ2) is 8.12. The van der Waals surface area contributed by atoms with Crippen molar-refractivity contribution in [2.75, 3.05) is 0 Å². The summed E-state index contributed by atoms with van der Waals surface area (Å²) < 4.78 is 4.31. The fourth-order valence-corrected chi connectivity index (χ4v) is 4.28. The Morgan fingerprint density at radius 3 is 2.52 bits per heavy atom. The molecule has 0 fully saturated rings. The minimum Gasteiger partial charge on any atom is -0.316 e. The van der Waals surface area contributed by atoms with E-state index in [4.69, 9.17) is 4.98 Å². The molecule has 0 atom stereocenters. The van der Waals surface area contributed by atoms with Gasteiger partial charge in [0.1, 0.15) is 5.82 Å². The van der Waals surface area contributed by atoms with Crippen LogP contribution in [0.3, 0.4) is 0 Å². The van der Waals surface area contributed by atoms with Crippen LogP contribution >= 0.6 is 15.9 Å². The van der Waals surface area contributed by atoms with Crippen molar-refractivity contribution in [2.45, 2.75) is 26.2 Å². The number of hydrogen-bond donors (Lipinski definition) is 0. The topological polar surface area (TPSA) is 52.2 Å². The van der Waals surface area contributed by atoms with Crippen molar-refractivity contribution >= 4 is 43.8 Å². The smallest absolute Gasteiger partial charge is 0.282 e. The summed E-state index contributed by atoms with van der Waals surface area (Å²) in [5.74, 6) is 0.613. The van der Waals surface area contributed by atoms with Gasteiger partial charge in [-0.05, 0) is 53.2 Å². The molecule has 6 heteroatoms. The monoisotopic (exact) mass is 498 g/mol. The van der Waals surface area contributed by atoms with Crippen molar-refractivity contribution in [3.63, 3.8) is 0 Å². The normalized spacial score (nSPS) is 12.2. The Bertz CT molecular complexity index is 1590. The molecule has 0 saturated heterocycles. The van der Waals surface area contributed by atoms with E-state index in [2.05, 4.69) is 55.9 Å². The van der Waals surface area contributed by atoms with E-state index < -0.39 is 0 Å². The fraction of sp³-hybridized carbons (Fsp3) is 0.148. The lowest BCUT2D eigenvalue weighted by molar-refractivity contribution is 0.506. The molecule has 0 radical (unpaired) electrons. The van der Waals surface area contributed by atoms with Crippen molar-refractivity contribution in [3.8, 4) is 5.69 Å². The number of rotatable bonds is 3. The van der Waals surface area contributed by atoms with Crippen LogP contribution in [0.1, 0.15) is 32.3 Å². The zero-order valence-corrected chi connectivity index (χ0v) is 20.2. The van der Waals surface area contributed by atoms with E-state index in [1.807, 2.05) is 63.4 Å². The fourth-order valence-electron chi connectivity index (χ4n) is 3.92. The molecular formula is C27H23BrN4O. The van der Waals surface area contributed by atoms with Crippen LogP contribution in [-0.2, 0) is 5.41 Å². The van der Waals surface area contributed by atoms with Gasteiger partial charge in [-0.1, -0.05) is 67.0 Å². The lowest BCUT2D eigenvalue weighted by Gasteiger charge is -2.21. The van der Waals surface area contributed by atoms with Gasteiger partial charge in [-0.2, -0.15) is 9.78 Å². The Kier molecular flexibility index (Phi) is 5.25. The lowest BCUT2D eigenvalue weighted by atomic mass is 9.95. The molecule has 0 N–H and O–H groups in total. The first-order valence-corrected chi connectivity index (χ1v) is 11.5. The average Bonchev–Trinajstić information content (AvgIpc) is 3.26. The first-order valence-electron chi connectivity index (χ1n) is 10.7. The van der Waals surface area contributed by atoms with Gasteiger partial charge in [0.25, 0.3) is 5.56 Å². The van der Waals surface area contributed by atoms with Crippen LogP contribution in [0.15, 0.2) is 93.4 Å². The maximum Gasteiger partial charge on any atom is 0.282 e. The quantitative estimate of drug-likeness (QED) is 0.274. The highest BCUT2D eigenvalue weighted by atomic mass is 79.9. The molecule has 33 heavy (non-hydrogen) atoms. The highest BCUT2D eigenvalue weighted by Gasteiger charge is 2.23. The zero-order valence-electron chi connectivity index (χ0n) is 18.7. The third-order valence-corrected chi connectivity index (χ3v) is 6.07. The van der Waals surface area contributed by atoms with E-state index in [1.54, 1.807) is 12.3 Å². The van der Waals surface area contributed by atoms with Crippen molar-refractivity contribution in [1.82, 2.24) is 14.2 Å². The van der Waals surface area contributed by atoms with Gasteiger partial charge in [0, 0.05) is 21.8 Å². The third-order valence-electron chi connectivity index (χ3n) is 5.58. The number of aromatic nitrogens is 3. The summed E-state index contributed by atoms with van der Waals surface area (Å²) in [4.78, 5) is 18.2. The molecular weight excluding hydrogens is 476 g/mol. The molecule has 0 saturated carbocycles. The minimum absolute atomic E-state index is 0.189. The maximum absolute atomic E-state index is 13.4. The molecule has 164 valence electrons. The first kappa shape index (κ1) is 21.3. The van der Waals surface area contributed by atoms with Gasteiger partial charge in [0.05, 0.1) is 22.8 Å². The molecule has 0 aliphatic carbocycles. The third kappa shape index (κ3) is 4.02. The molecule has 0 aliphatic heterocycles. The predicted molar refractivity (Wildman–Crippen MR) is 139 cm³/mol. The summed E-state index contributed by atoms with van der Waals surface area (Å²) in [6.07, 6.45) is 3.71. The maximum atomic E-state index is 13.4. The molecule has 5 aromatic rings. The van der Waals surface area contributed by atoms with Crippen LogP contribution < -0.4 is 5.56 Å². The number of hydrogen-bond acceptors (Lipinski definition) is 3. The molecule has 2 heterocycles. The SMILES string of the molecule is CC(C)(C)c1nc2ccc(Br)cc2c(=O)n1N=Cc1cccn1-c1ccc2ccccc2c1. The number of nitrogens with zero attached hydrogens (tertiary/aromatic N) is 4. The average molecular weight is 499 g/mol. The van der Waals surface area contributed by atoms with E-state index in [1.165, 1.54) is 15.4 Å². The highest BCUT2D eigenvalue weighted by molar-refractivity contribution is 9.10. The van der Waals surface area contributed by atoms with Gasteiger partial charge in [-0.15, -0.1) is 0 Å². The van der Waals surface area contributed by atoms with E-state index in [0.717, 1.165) is 15.9 Å². The Labute approximate surface area is 200 Å². The van der Waals surface area contributed by atoms with Crippen molar-refractivity contribution in [2.24, 2.45) is 5.10 Å². The number of halogens is 1. The summed E-state index contributed by atoms with van der Waals surface area (Å²) in [5, 5.41) is 7.51. The molecule has 0 aliphatic rings. The van der Waals surface area contributed by atoms with Crippen LogP contribution in [0.5, 0.6) is 0 Å². The van der Waals surface area contributed by atoms with Gasteiger partial charge < -0.3 is 4.57 Å². The molecule has 5 rings (SSSR count). The van der Waals surface area contributed by atoms with Gasteiger partial charge in [0.2, 0.25) is 0 Å². The van der Waals surface area contributed by atoms with Crippen LogP contribution in [0.2, 0.25) is 0 Å². The molecule has 0 amide bonds.